The molecule has 1 aliphatic rings. The maximum Gasteiger partial charge on any atom is 0.319 e. The molecular formula is C18H15F2N3O2. The van der Waals surface area contributed by atoms with Crippen LogP contribution < -0.4 is 16.0 Å². The second-order valence-corrected chi connectivity index (χ2v) is 5.56. The fraction of sp³-hybridized carbons (Fsp3) is 0.111. The summed E-state index contributed by atoms with van der Waals surface area (Å²) in [6, 6.07) is 11.0. The van der Waals surface area contributed by atoms with Gasteiger partial charge in [-0.15, -0.1) is 0 Å². The van der Waals surface area contributed by atoms with E-state index in [1.807, 2.05) is 6.07 Å². The van der Waals surface area contributed by atoms with Crippen LogP contribution in [-0.4, -0.2) is 11.9 Å². The van der Waals surface area contributed by atoms with E-state index in [0.29, 0.717) is 5.70 Å². The molecule has 0 saturated heterocycles. The van der Waals surface area contributed by atoms with Gasteiger partial charge in [-0.1, -0.05) is 30.3 Å². The van der Waals surface area contributed by atoms with Gasteiger partial charge in [0.05, 0.1) is 11.6 Å². The van der Waals surface area contributed by atoms with Crippen LogP contribution in [0.25, 0.3) is 0 Å². The van der Waals surface area contributed by atoms with Crippen molar-refractivity contribution in [2.24, 2.45) is 0 Å². The van der Waals surface area contributed by atoms with Gasteiger partial charge in [0, 0.05) is 17.5 Å². The highest BCUT2D eigenvalue weighted by Gasteiger charge is 2.31. The number of nitrogens with one attached hydrogen (secondary N) is 3. The van der Waals surface area contributed by atoms with Crippen LogP contribution in [0, 0.1) is 11.6 Å². The summed E-state index contributed by atoms with van der Waals surface area (Å²) in [5.74, 6) is -2.58. The molecule has 2 aromatic rings. The summed E-state index contributed by atoms with van der Waals surface area (Å²) < 4.78 is 26.4. The van der Waals surface area contributed by atoms with Crippen molar-refractivity contribution in [3.05, 3.63) is 77.0 Å². The van der Waals surface area contributed by atoms with Gasteiger partial charge in [0.2, 0.25) is 0 Å². The average molecular weight is 343 g/mol. The lowest BCUT2D eigenvalue weighted by Crippen LogP contribution is -2.45. The van der Waals surface area contributed by atoms with E-state index in [2.05, 4.69) is 16.0 Å². The lowest BCUT2D eigenvalue weighted by molar-refractivity contribution is -0.113. The molecule has 0 aromatic heterocycles. The van der Waals surface area contributed by atoms with Gasteiger partial charge in [-0.25, -0.2) is 13.6 Å². The number of hydrogen-bond acceptors (Lipinski definition) is 2. The summed E-state index contributed by atoms with van der Waals surface area (Å²) in [6.45, 7) is 1.61. The molecule has 3 amide bonds. The van der Waals surface area contributed by atoms with Gasteiger partial charge >= 0.3 is 6.03 Å². The van der Waals surface area contributed by atoms with E-state index in [1.165, 1.54) is 6.07 Å². The van der Waals surface area contributed by atoms with Crippen LogP contribution in [0.15, 0.2) is 59.8 Å². The van der Waals surface area contributed by atoms with Crippen molar-refractivity contribution in [3.8, 4) is 0 Å². The Morgan fingerprint density at radius 2 is 1.80 bits per heavy atom. The van der Waals surface area contributed by atoms with E-state index in [0.717, 1.165) is 17.7 Å². The van der Waals surface area contributed by atoms with Gasteiger partial charge in [-0.3, -0.25) is 4.79 Å². The van der Waals surface area contributed by atoms with Crippen LogP contribution in [-0.2, 0) is 4.79 Å². The van der Waals surface area contributed by atoms with Gasteiger partial charge in [0.15, 0.2) is 11.6 Å². The average Bonchev–Trinajstić information content (AvgIpc) is 2.58. The van der Waals surface area contributed by atoms with Crippen molar-refractivity contribution in [1.29, 1.82) is 0 Å². The van der Waals surface area contributed by atoms with Crippen molar-refractivity contribution >= 4 is 17.6 Å². The number of anilines is 1. The lowest BCUT2D eigenvalue weighted by atomic mass is 9.95. The number of urea groups is 1. The predicted molar refractivity (Wildman–Crippen MR) is 88.5 cm³/mol. The minimum absolute atomic E-state index is 0.118. The van der Waals surface area contributed by atoms with Crippen LogP contribution in [0.4, 0.5) is 19.3 Å². The molecular weight excluding hydrogens is 328 g/mol. The first-order valence-corrected chi connectivity index (χ1v) is 7.55. The molecule has 128 valence electrons. The van der Waals surface area contributed by atoms with E-state index in [9.17, 15) is 18.4 Å². The van der Waals surface area contributed by atoms with Crippen LogP contribution in [0.5, 0.6) is 0 Å². The molecule has 2 aromatic carbocycles. The maximum atomic E-state index is 13.3. The number of benzene rings is 2. The Bertz CT molecular complexity index is 866. The highest BCUT2D eigenvalue weighted by atomic mass is 19.2. The Kier molecular flexibility index (Phi) is 4.47. The van der Waals surface area contributed by atoms with Crippen molar-refractivity contribution in [2.45, 2.75) is 13.0 Å². The number of allylic oxidation sites excluding steroid dienone is 1. The molecule has 25 heavy (non-hydrogen) atoms. The SMILES string of the molecule is CC1=C(C(=O)Nc2ccc(F)c(F)c2)[C@H](c2ccccc2)NC(=O)N1. The smallest absolute Gasteiger partial charge is 0.319 e. The van der Waals surface area contributed by atoms with Crippen LogP contribution >= 0.6 is 0 Å². The van der Waals surface area contributed by atoms with E-state index in [-0.39, 0.29) is 11.3 Å². The molecule has 0 aliphatic carbocycles. The third kappa shape index (κ3) is 3.50. The Morgan fingerprint density at radius 1 is 1.08 bits per heavy atom. The topological polar surface area (TPSA) is 70.2 Å². The number of carbonyl (C=O) groups is 2. The molecule has 0 unspecified atom stereocenters. The molecule has 1 atom stereocenters. The zero-order chi connectivity index (χ0) is 18.0. The second-order valence-electron chi connectivity index (χ2n) is 5.56. The highest BCUT2D eigenvalue weighted by molar-refractivity contribution is 6.06. The van der Waals surface area contributed by atoms with Crippen LogP contribution in [0.2, 0.25) is 0 Å². The molecule has 3 rings (SSSR count). The van der Waals surface area contributed by atoms with Gasteiger partial charge in [0.25, 0.3) is 5.91 Å². The monoisotopic (exact) mass is 343 g/mol. The summed E-state index contributed by atoms with van der Waals surface area (Å²) >= 11 is 0. The van der Waals surface area contributed by atoms with E-state index in [1.54, 1.807) is 31.2 Å². The normalized spacial score (nSPS) is 16.9. The quantitative estimate of drug-likeness (QED) is 0.801. The first-order valence-electron chi connectivity index (χ1n) is 7.55. The van der Waals surface area contributed by atoms with Crippen LogP contribution in [0.1, 0.15) is 18.5 Å². The lowest BCUT2D eigenvalue weighted by Gasteiger charge is -2.28. The van der Waals surface area contributed by atoms with E-state index in [4.69, 9.17) is 0 Å². The summed E-state index contributed by atoms with van der Waals surface area (Å²) in [4.78, 5) is 24.5. The third-order valence-corrected chi connectivity index (χ3v) is 3.82. The number of amides is 3. The van der Waals surface area contributed by atoms with Crippen molar-refractivity contribution in [2.75, 3.05) is 5.32 Å². The largest absolute Gasteiger partial charge is 0.327 e. The first kappa shape index (κ1) is 16.6. The first-order chi connectivity index (χ1) is 12.0. The fourth-order valence-corrected chi connectivity index (χ4v) is 2.66. The molecule has 0 saturated carbocycles. The van der Waals surface area contributed by atoms with Crippen LogP contribution in [0.3, 0.4) is 0 Å². The number of rotatable bonds is 3. The van der Waals surface area contributed by atoms with Gasteiger partial charge in [0.1, 0.15) is 0 Å². The summed E-state index contributed by atoms with van der Waals surface area (Å²) in [5.41, 5.74) is 1.52. The Balaban J connectivity index is 1.93. The summed E-state index contributed by atoms with van der Waals surface area (Å²) in [5, 5.41) is 7.78. The van der Waals surface area contributed by atoms with Crippen molar-refractivity contribution in [1.82, 2.24) is 10.6 Å². The van der Waals surface area contributed by atoms with Gasteiger partial charge in [-0.05, 0) is 24.6 Å². The van der Waals surface area contributed by atoms with Gasteiger partial charge in [-0.2, -0.15) is 0 Å². The molecule has 0 bridgehead atoms. The molecule has 0 fully saturated rings. The fourth-order valence-electron chi connectivity index (χ4n) is 2.66. The Morgan fingerprint density at radius 3 is 2.48 bits per heavy atom. The molecule has 7 heteroatoms. The predicted octanol–water partition coefficient (Wildman–Crippen LogP) is 3.23. The minimum Gasteiger partial charge on any atom is -0.327 e. The zero-order valence-electron chi connectivity index (χ0n) is 13.3. The Hall–Kier alpha value is -3.22. The standard InChI is InChI=1S/C18H15F2N3O2/c1-10-15(17(24)22-12-7-8-13(19)14(20)9-12)16(23-18(25)21-10)11-5-3-2-4-6-11/h2-9,16H,1H3,(H,22,24)(H2,21,23,25)/t16-/m0/s1. The van der Waals surface area contributed by atoms with E-state index < -0.39 is 29.6 Å². The van der Waals surface area contributed by atoms with Gasteiger partial charge < -0.3 is 16.0 Å². The third-order valence-electron chi connectivity index (χ3n) is 3.82. The minimum atomic E-state index is -1.06. The van der Waals surface area contributed by atoms with Crippen molar-refractivity contribution in [3.63, 3.8) is 0 Å². The molecule has 1 aliphatic heterocycles. The molecule has 0 spiro atoms. The zero-order valence-corrected chi connectivity index (χ0v) is 13.3. The molecule has 0 radical (unpaired) electrons. The summed E-state index contributed by atoms with van der Waals surface area (Å²) in [6.07, 6.45) is 0. The Labute approximate surface area is 142 Å². The number of carbonyl (C=O) groups excluding carboxylic acids is 2. The second kappa shape index (κ2) is 6.72. The summed E-state index contributed by atoms with van der Waals surface area (Å²) in [7, 11) is 0. The number of hydrogen-bond donors (Lipinski definition) is 3. The number of halogens is 2. The molecule has 3 N–H and O–H groups in total. The maximum absolute atomic E-state index is 13.3. The molecule has 1 heterocycles. The van der Waals surface area contributed by atoms with E-state index >= 15 is 0 Å². The highest BCUT2D eigenvalue weighted by Crippen LogP contribution is 2.27. The van der Waals surface area contributed by atoms with Crippen molar-refractivity contribution < 1.29 is 18.4 Å². The molecule has 5 nitrogen and oxygen atoms in total.